The summed E-state index contributed by atoms with van der Waals surface area (Å²) in [6, 6.07) is 0. The first-order chi connectivity index (χ1) is 6.92. The molecule has 0 bridgehead atoms. The van der Waals surface area contributed by atoms with Crippen LogP contribution in [0.3, 0.4) is 0 Å². The first kappa shape index (κ1) is 12.3. The van der Waals surface area contributed by atoms with Crippen molar-refractivity contribution in [2.75, 3.05) is 19.7 Å². The number of thiol groups is 1. The van der Waals surface area contributed by atoms with E-state index in [9.17, 15) is 9.59 Å². The molecule has 0 aromatic rings. The van der Waals surface area contributed by atoms with Crippen LogP contribution in [0.4, 0.5) is 4.79 Å². The van der Waals surface area contributed by atoms with Crippen LogP contribution >= 0.6 is 12.6 Å². The summed E-state index contributed by atoms with van der Waals surface area (Å²) in [6.07, 6.45) is -0.329. The Morgan fingerprint density at radius 3 is 2.87 bits per heavy atom. The van der Waals surface area contributed by atoms with E-state index >= 15 is 0 Å². The molecular weight excluding hydrogens is 218 g/mol. The van der Waals surface area contributed by atoms with Crippen LogP contribution in [0.1, 0.15) is 13.8 Å². The number of nitrogens with zero attached hydrogens (tertiary/aromatic N) is 1. The molecule has 1 saturated heterocycles. The zero-order chi connectivity index (χ0) is 11.5. The quantitative estimate of drug-likeness (QED) is 0.433. The van der Waals surface area contributed by atoms with Gasteiger partial charge in [0.25, 0.3) is 0 Å². The maximum atomic E-state index is 11.6. The Morgan fingerprint density at radius 1 is 1.67 bits per heavy atom. The Labute approximate surface area is 94.1 Å². The van der Waals surface area contributed by atoms with Crippen molar-refractivity contribution in [2.45, 2.75) is 24.9 Å². The summed E-state index contributed by atoms with van der Waals surface area (Å²) >= 11 is 4.09. The van der Waals surface area contributed by atoms with Crippen molar-refractivity contribution in [3.8, 4) is 0 Å². The van der Waals surface area contributed by atoms with Crippen LogP contribution in [0.5, 0.6) is 0 Å². The Bertz CT molecular complexity index is 251. The molecule has 0 N–H and O–H groups in total. The lowest BCUT2D eigenvalue weighted by atomic mass is 10.3. The van der Waals surface area contributed by atoms with E-state index in [1.54, 1.807) is 13.8 Å². The second-order valence-electron chi connectivity index (χ2n) is 3.81. The number of rotatable bonds is 2. The van der Waals surface area contributed by atoms with Gasteiger partial charge in [-0.3, -0.25) is 0 Å². The first-order valence-electron chi connectivity index (χ1n) is 4.69. The fourth-order valence-electron chi connectivity index (χ4n) is 1.20. The number of ether oxygens (including phenoxy) is 2. The number of amides is 1. The monoisotopic (exact) mass is 233 g/mol. The van der Waals surface area contributed by atoms with Crippen molar-refractivity contribution in [1.29, 1.82) is 0 Å². The van der Waals surface area contributed by atoms with E-state index in [0.717, 1.165) is 0 Å². The van der Waals surface area contributed by atoms with E-state index in [1.165, 1.54) is 4.90 Å². The molecule has 0 spiro atoms. The van der Waals surface area contributed by atoms with Crippen molar-refractivity contribution < 1.29 is 19.1 Å². The summed E-state index contributed by atoms with van der Waals surface area (Å²) in [7, 11) is 0. The van der Waals surface area contributed by atoms with Gasteiger partial charge in [0.1, 0.15) is 6.10 Å². The number of carbonyl (C=O) groups is 2. The third-order valence-corrected chi connectivity index (χ3v) is 1.93. The molecule has 86 valence electrons. The molecule has 1 aliphatic rings. The fraction of sp³-hybridized carbons (Fsp3) is 0.778. The van der Waals surface area contributed by atoms with E-state index in [1.807, 2.05) is 0 Å². The maximum absolute atomic E-state index is 11.6. The molecule has 1 aliphatic heterocycles. The summed E-state index contributed by atoms with van der Waals surface area (Å²) in [4.78, 5) is 22.7. The van der Waals surface area contributed by atoms with Gasteiger partial charge >= 0.3 is 6.09 Å². The van der Waals surface area contributed by atoms with Gasteiger partial charge in [-0.05, 0) is 13.8 Å². The average Bonchev–Trinajstić information content (AvgIpc) is 2.15. The van der Waals surface area contributed by atoms with Gasteiger partial charge in [0, 0.05) is 6.54 Å². The number of carbonyl (C=O) groups excluding carboxylic acids is 2. The minimum Gasteiger partial charge on any atom is -0.433 e. The molecule has 1 amide bonds. The number of morpholine rings is 1. The second kappa shape index (κ2) is 4.85. The van der Waals surface area contributed by atoms with Crippen LogP contribution in [-0.2, 0) is 14.3 Å². The highest BCUT2D eigenvalue weighted by molar-refractivity contribution is 7.81. The van der Waals surface area contributed by atoms with E-state index < -0.39 is 17.1 Å². The van der Waals surface area contributed by atoms with Crippen molar-refractivity contribution in [3.05, 3.63) is 0 Å². The van der Waals surface area contributed by atoms with Crippen molar-refractivity contribution in [3.63, 3.8) is 0 Å². The highest BCUT2D eigenvalue weighted by Gasteiger charge is 2.27. The van der Waals surface area contributed by atoms with Gasteiger partial charge in [0.05, 0.1) is 13.2 Å². The molecule has 1 fully saturated rings. The first-order valence-corrected chi connectivity index (χ1v) is 5.14. The Balaban J connectivity index is 2.49. The van der Waals surface area contributed by atoms with Crippen LogP contribution in [0.15, 0.2) is 0 Å². The lowest BCUT2D eigenvalue weighted by Gasteiger charge is -2.31. The largest absolute Gasteiger partial charge is 0.433 e. The molecule has 0 unspecified atom stereocenters. The van der Waals surface area contributed by atoms with E-state index in [0.29, 0.717) is 19.4 Å². The van der Waals surface area contributed by atoms with Gasteiger partial charge < -0.3 is 19.2 Å². The number of hydrogen-bond acceptors (Lipinski definition) is 5. The standard InChI is InChI=1S/C9H15NO4S/c1-9(2,15)14-8(12)10-3-4-13-7(5-10)6-11/h6-7,15H,3-5H2,1-2H3/t7-/m1/s1. The highest BCUT2D eigenvalue weighted by Crippen LogP contribution is 2.16. The van der Waals surface area contributed by atoms with Crippen molar-refractivity contribution in [2.24, 2.45) is 0 Å². The summed E-state index contributed by atoms with van der Waals surface area (Å²) in [5, 5.41) is 0. The van der Waals surface area contributed by atoms with Crippen molar-refractivity contribution in [1.82, 2.24) is 4.90 Å². The molecule has 6 heteroatoms. The smallest absolute Gasteiger partial charge is 0.411 e. The lowest BCUT2D eigenvalue weighted by molar-refractivity contribution is -0.122. The van der Waals surface area contributed by atoms with Gasteiger partial charge in [-0.25, -0.2) is 4.79 Å². The molecule has 15 heavy (non-hydrogen) atoms. The van der Waals surface area contributed by atoms with Crippen LogP contribution < -0.4 is 0 Å². The minimum atomic E-state index is -0.813. The SMILES string of the molecule is CC(C)(S)OC(=O)N1CCO[C@@H](C=O)C1. The van der Waals surface area contributed by atoms with Crippen LogP contribution in [0.25, 0.3) is 0 Å². The van der Waals surface area contributed by atoms with Crippen LogP contribution in [0.2, 0.25) is 0 Å². The molecule has 1 atom stereocenters. The Morgan fingerprint density at radius 2 is 2.33 bits per heavy atom. The molecule has 0 radical (unpaired) electrons. The van der Waals surface area contributed by atoms with Crippen LogP contribution in [-0.4, -0.2) is 48.0 Å². The Kier molecular flexibility index (Phi) is 3.98. The molecule has 0 saturated carbocycles. The third-order valence-electron chi connectivity index (χ3n) is 1.84. The predicted octanol–water partition coefficient (Wildman–Crippen LogP) is 0.689. The lowest BCUT2D eigenvalue weighted by Crippen LogP contribution is -2.47. The highest BCUT2D eigenvalue weighted by atomic mass is 32.1. The number of aldehydes is 1. The van der Waals surface area contributed by atoms with Gasteiger partial charge in [0.2, 0.25) is 0 Å². The number of hydrogen-bond donors (Lipinski definition) is 1. The average molecular weight is 233 g/mol. The van der Waals surface area contributed by atoms with Gasteiger partial charge in [-0.15, -0.1) is 12.6 Å². The zero-order valence-electron chi connectivity index (χ0n) is 8.80. The summed E-state index contributed by atoms with van der Waals surface area (Å²) in [5.74, 6) is 0. The summed E-state index contributed by atoms with van der Waals surface area (Å²) in [6.45, 7) is 4.38. The third kappa shape index (κ3) is 4.09. The molecular formula is C9H15NO4S. The van der Waals surface area contributed by atoms with E-state index in [4.69, 9.17) is 9.47 Å². The summed E-state index contributed by atoms with van der Waals surface area (Å²) in [5.41, 5.74) is 0. The molecule has 0 aliphatic carbocycles. The fourth-order valence-corrected chi connectivity index (χ4v) is 1.28. The van der Waals surface area contributed by atoms with Gasteiger partial charge in [0.15, 0.2) is 11.2 Å². The zero-order valence-corrected chi connectivity index (χ0v) is 9.70. The topological polar surface area (TPSA) is 55.8 Å². The Hall–Kier alpha value is -0.750. The molecule has 5 nitrogen and oxygen atoms in total. The van der Waals surface area contributed by atoms with E-state index in [2.05, 4.69) is 12.6 Å². The van der Waals surface area contributed by atoms with E-state index in [-0.39, 0.29) is 6.54 Å². The predicted molar refractivity (Wildman–Crippen MR) is 56.9 cm³/mol. The summed E-state index contributed by atoms with van der Waals surface area (Å²) < 4.78 is 10.2. The normalized spacial score (nSPS) is 22.3. The molecule has 0 aromatic heterocycles. The maximum Gasteiger partial charge on any atom is 0.411 e. The molecule has 1 rings (SSSR count). The van der Waals surface area contributed by atoms with Crippen LogP contribution in [0, 0.1) is 0 Å². The van der Waals surface area contributed by atoms with Gasteiger partial charge in [-0.2, -0.15) is 0 Å². The molecule has 0 aromatic carbocycles. The second-order valence-corrected chi connectivity index (χ2v) is 4.88. The van der Waals surface area contributed by atoms with Gasteiger partial charge in [-0.1, -0.05) is 0 Å². The minimum absolute atomic E-state index is 0.242. The molecule has 1 heterocycles. The van der Waals surface area contributed by atoms with Crippen molar-refractivity contribution >= 4 is 25.0 Å².